The first kappa shape index (κ1) is 29.1. The molecule has 1 saturated carbocycles. The lowest BCUT2D eigenvalue weighted by atomic mass is 9.75. The Morgan fingerprint density at radius 1 is 1.05 bits per heavy atom. The molecule has 1 aliphatic carbocycles. The smallest absolute Gasteiger partial charge is 0.230 e. The van der Waals surface area contributed by atoms with Crippen molar-refractivity contribution in [2.45, 2.75) is 50.3 Å². The number of amides is 1. The molecule has 2 unspecified atom stereocenters. The second kappa shape index (κ2) is 13.5. The maximum Gasteiger partial charge on any atom is 0.230 e. The molecule has 0 spiro atoms. The van der Waals surface area contributed by atoms with Gasteiger partial charge in [-0.25, -0.2) is 0 Å². The van der Waals surface area contributed by atoms with Gasteiger partial charge in [0.1, 0.15) is 18.0 Å². The molecule has 1 aliphatic heterocycles. The number of hydrogen-bond donors (Lipinski definition) is 2. The van der Waals surface area contributed by atoms with Gasteiger partial charge in [-0.05, 0) is 79.6 Å². The Labute approximate surface area is 235 Å². The number of benzene rings is 2. The fourth-order valence-electron chi connectivity index (χ4n) is 5.15. The lowest BCUT2D eigenvalue weighted by Crippen LogP contribution is -2.55. The van der Waals surface area contributed by atoms with Crippen molar-refractivity contribution in [3.05, 3.63) is 63.1 Å². The van der Waals surface area contributed by atoms with E-state index in [0.29, 0.717) is 61.5 Å². The minimum atomic E-state index is -1.33. The van der Waals surface area contributed by atoms with Crippen LogP contribution < -0.4 is 10.1 Å². The molecule has 2 fully saturated rings. The van der Waals surface area contributed by atoms with Crippen LogP contribution in [0.5, 0.6) is 5.75 Å². The van der Waals surface area contributed by atoms with Crippen LogP contribution in [-0.4, -0.2) is 69.1 Å². The van der Waals surface area contributed by atoms with Gasteiger partial charge in [0.2, 0.25) is 5.91 Å². The summed E-state index contributed by atoms with van der Waals surface area (Å²) in [5.41, 5.74) is 1.44. The average Bonchev–Trinajstić information content (AvgIpc) is 3.74. The highest BCUT2D eigenvalue weighted by atomic mass is 35.5. The predicted molar refractivity (Wildman–Crippen MR) is 149 cm³/mol. The SMILES string of the molecule is COCCCc1cc(CN(C(=O)C2CNCCC2(O)c2ccc(Cl)c(Cl)c2)C2CC2)cc(OCCOC)c1. The molecular weight excluding hydrogens is 527 g/mol. The van der Waals surface area contributed by atoms with Crippen LogP contribution in [0.25, 0.3) is 0 Å². The van der Waals surface area contributed by atoms with Gasteiger partial charge in [0.05, 0.1) is 22.6 Å². The highest BCUT2D eigenvalue weighted by molar-refractivity contribution is 6.42. The van der Waals surface area contributed by atoms with Gasteiger partial charge < -0.3 is 29.5 Å². The van der Waals surface area contributed by atoms with E-state index in [1.165, 1.54) is 0 Å². The Kier molecular flexibility index (Phi) is 10.3. The number of piperidine rings is 1. The molecule has 0 aromatic heterocycles. The molecule has 2 aliphatic rings. The molecule has 208 valence electrons. The Bertz CT molecular complexity index is 1070. The van der Waals surface area contributed by atoms with Crippen molar-refractivity contribution in [2.24, 2.45) is 5.92 Å². The number of aryl methyl sites for hydroxylation is 1. The van der Waals surface area contributed by atoms with E-state index in [4.69, 9.17) is 37.4 Å². The number of hydrogen-bond acceptors (Lipinski definition) is 6. The minimum absolute atomic E-state index is 0.0556. The van der Waals surface area contributed by atoms with E-state index in [2.05, 4.69) is 11.4 Å². The quantitative estimate of drug-likeness (QED) is 0.346. The van der Waals surface area contributed by atoms with Gasteiger partial charge in [-0.3, -0.25) is 4.79 Å². The molecule has 1 amide bonds. The Hall–Kier alpha value is -1.87. The van der Waals surface area contributed by atoms with Gasteiger partial charge >= 0.3 is 0 Å². The second-order valence-corrected chi connectivity index (χ2v) is 11.0. The van der Waals surface area contributed by atoms with Crippen molar-refractivity contribution >= 4 is 29.1 Å². The first-order valence-electron chi connectivity index (χ1n) is 13.3. The van der Waals surface area contributed by atoms with Crippen molar-refractivity contribution < 1.29 is 24.1 Å². The van der Waals surface area contributed by atoms with E-state index in [1.807, 2.05) is 17.0 Å². The fraction of sp³-hybridized carbons (Fsp3) is 0.552. The minimum Gasteiger partial charge on any atom is -0.491 e. The van der Waals surface area contributed by atoms with Gasteiger partial charge in [0.15, 0.2) is 0 Å². The Balaban J connectivity index is 1.59. The lowest BCUT2D eigenvalue weighted by molar-refractivity contribution is -0.150. The summed E-state index contributed by atoms with van der Waals surface area (Å²) >= 11 is 12.4. The summed E-state index contributed by atoms with van der Waals surface area (Å²) in [4.78, 5) is 16.1. The molecule has 2 aromatic carbocycles. The molecule has 0 radical (unpaired) electrons. The number of carbonyl (C=O) groups excluding carboxylic acids is 1. The van der Waals surface area contributed by atoms with Gasteiger partial charge in [0, 0.05) is 40.0 Å². The predicted octanol–water partition coefficient (Wildman–Crippen LogP) is 4.59. The summed E-state index contributed by atoms with van der Waals surface area (Å²) < 4.78 is 16.3. The first-order chi connectivity index (χ1) is 18.4. The lowest BCUT2D eigenvalue weighted by Gasteiger charge is -2.42. The van der Waals surface area contributed by atoms with Crippen LogP contribution in [0.15, 0.2) is 36.4 Å². The molecule has 2 N–H and O–H groups in total. The van der Waals surface area contributed by atoms with Gasteiger partial charge in [-0.15, -0.1) is 0 Å². The topological polar surface area (TPSA) is 80.3 Å². The van der Waals surface area contributed by atoms with E-state index in [0.717, 1.165) is 42.6 Å². The van der Waals surface area contributed by atoms with E-state index in [-0.39, 0.29) is 11.9 Å². The molecule has 7 nitrogen and oxygen atoms in total. The molecule has 4 rings (SSSR count). The van der Waals surface area contributed by atoms with Gasteiger partial charge in [-0.1, -0.05) is 35.3 Å². The monoisotopic (exact) mass is 564 g/mol. The summed E-state index contributed by atoms with van der Waals surface area (Å²) in [5.74, 6) is 0.0677. The molecule has 0 bridgehead atoms. The van der Waals surface area contributed by atoms with Crippen LogP contribution >= 0.6 is 23.2 Å². The van der Waals surface area contributed by atoms with E-state index in [9.17, 15) is 9.90 Å². The Morgan fingerprint density at radius 3 is 2.53 bits per heavy atom. The highest BCUT2D eigenvalue weighted by Gasteiger charge is 2.48. The molecule has 9 heteroatoms. The van der Waals surface area contributed by atoms with Gasteiger partial charge in [-0.2, -0.15) is 0 Å². The molecule has 1 saturated heterocycles. The summed E-state index contributed by atoms with van der Waals surface area (Å²) in [7, 11) is 3.35. The zero-order valence-corrected chi connectivity index (χ0v) is 23.7. The highest BCUT2D eigenvalue weighted by Crippen LogP contribution is 2.41. The van der Waals surface area contributed by atoms with Crippen molar-refractivity contribution in [1.82, 2.24) is 10.2 Å². The van der Waals surface area contributed by atoms with Crippen LogP contribution in [0.3, 0.4) is 0 Å². The maximum absolute atomic E-state index is 14.1. The molecular formula is C29H38Cl2N2O5. The van der Waals surface area contributed by atoms with E-state index >= 15 is 0 Å². The number of ether oxygens (including phenoxy) is 3. The fourth-order valence-corrected chi connectivity index (χ4v) is 5.45. The summed E-state index contributed by atoms with van der Waals surface area (Å²) in [6.07, 6.45) is 4.08. The van der Waals surface area contributed by atoms with Crippen molar-refractivity contribution in [1.29, 1.82) is 0 Å². The molecule has 1 heterocycles. The van der Waals surface area contributed by atoms with Crippen LogP contribution in [0.1, 0.15) is 42.4 Å². The van der Waals surface area contributed by atoms with Crippen LogP contribution in [-0.2, 0) is 32.8 Å². The molecule has 2 atom stereocenters. The largest absolute Gasteiger partial charge is 0.491 e. The second-order valence-electron chi connectivity index (χ2n) is 10.2. The number of aliphatic hydroxyl groups is 1. The average molecular weight is 566 g/mol. The number of carbonyl (C=O) groups is 1. The van der Waals surface area contributed by atoms with Crippen LogP contribution in [0.2, 0.25) is 10.0 Å². The number of rotatable bonds is 13. The normalized spacial score (nSPS) is 21.3. The summed E-state index contributed by atoms with van der Waals surface area (Å²) in [5, 5.41) is 16.0. The van der Waals surface area contributed by atoms with Gasteiger partial charge in [0.25, 0.3) is 0 Å². The van der Waals surface area contributed by atoms with Crippen LogP contribution in [0, 0.1) is 5.92 Å². The van der Waals surface area contributed by atoms with E-state index in [1.54, 1.807) is 32.4 Å². The maximum atomic E-state index is 14.1. The zero-order valence-electron chi connectivity index (χ0n) is 22.2. The number of methoxy groups -OCH3 is 2. The first-order valence-corrected chi connectivity index (χ1v) is 14.0. The zero-order chi connectivity index (χ0) is 27.1. The van der Waals surface area contributed by atoms with E-state index < -0.39 is 11.5 Å². The molecule has 2 aromatic rings. The molecule has 38 heavy (non-hydrogen) atoms. The number of halogens is 2. The third-order valence-electron chi connectivity index (χ3n) is 7.35. The summed E-state index contributed by atoms with van der Waals surface area (Å²) in [6, 6.07) is 11.5. The third kappa shape index (κ3) is 7.20. The summed E-state index contributed by atoms with van der Waals surface area (Å²) in [6.45, 7) is 3.08. The standard InChI is InChI=1S/C29H38Cl2N2O5/c1-36-11-3-4-20-14-21(16-24(15-20)38-13-12-37-2)19-33(23-6-7-23)28(34)25-18-32-10-9-29(25,35)22-5-8-26(30)27(31)17-22/h5,8,14-17,23,25,32,35H,3-4,6-7,9-13,18-19H2,1-2H3. The Morgan fingerprint density at radius 2 is 1.82 bits per heavy atom. The van der Waals surface area contributed by atoms with Crippen molar-refractivity contribution in [2.75, 3.05) is 47.1 Å². The van der Waals surface area contributed by atoms with Crippen molar-refractivity contribution in [3.8, 4) is 5.75 Å². The van der Waals surface area contributed by atoms with Crippen LogP contribution in [0.4, 0.5) is 0 Å². The third-order valence-corrected chi connectivity index (χ3v) is 8.08. The van der Waals surface area contributed by atoms with Crippen molar-refractivity contribution in [3.63, 3.8) is 0 Å². The number of nitrogens with zero attached hydrogens (tertiary/aromatic N) is 1. The number of nitrogens with one attached hydrogen (secondary N) is 1.